The third-order valence-corrected chi connectivity index (χ3v) is 4.56. The number of aryl methyl sites for hydroxylation is 1. The first-order chi connectivity index (χ1) is 14.9. The molecule has 0 atom stereocenters. The number of anilines is 1. The largest absolute Gasteiger partial charge is 0.553 e. The number of rotatable bonds is 6. The third-order valence-electron chi connectivity index (χ3n) is 4.56. The Hall–Kier alpha value is -2.89. The summed E-state index contributed by atoms with van der Waals surface area (Å²) in [7, 11) is 0. The molecule has 0 bridgehead atoms. The fourth-order valence-electron chi connectivity index (χ4n) is 3.29. The number of benzene rings is 1. The van der Waals surface area contributed by atoms with Gasteiger partial charge in [0, 0.05) is 25.0 Å². The topological polar surface area (TPSA) is 64.2 Å². The van der Waals surface area contributed by atoms with Crippen molar-refractivity contribution in [1.29, 1.82) is 0 Å². The van der Waals surface area contributed by atoms with Gasteiger partial charge in [-0.1, -0.05) is 19.5 Å². The van der Waals surface area contributed by atoms with E-state index in [1.165, 1.54) is 6.07 Å². The Morgan fingerprint density at radius 3 is 2.47 bits per heavy atom. The number of fused-ring (bicyclic) bond motifs is 1. The monoisotopic (exact) mass is 460 g/mol. The first kappa shape index (κ1) is 23.8. The molecule has 0 amide bonds. The summed E-state index contributed by atoms with van der Waals surface area (Å²) in [6.45, 7) is 5.53. The quantitative estimate of drug-likeness (QED) is 0.257. The van der Waals surface area contributed by atoms with E-state index in [9.17, 15) is 26.3 Å². The smallest absolute Gasteiger partial charge is 0.509 e. The Balaban J connectivity index is 1.93. The second-order valence-corrected chi connectivity index (χ2v) is 7.64. The molecule has 0 fully saturated rings. The van der Waals surface area contributed by atoms with Crippen LogP contribution in [0.3, 0.4) is 0 Å². The number of alkyl halides is 6. The van der Waals surface area contributed by atoms with E-state index in [2.05, 4.69) is 30.4 Å². The van der Waals surface area contributed by atoms with E-state index in [0.29, 0.717) is 25.1 Å². The average Bonchev–Trinajstić information content (AvgIpc) is 2.69. The van der Waals surface area contributed by atoms with Crippen LogP contribution in [0, 0.1) is 5.92 Å². The van der Waals surface area contributed by atoms with Crippen molar-refractivity contribution in [2.75, 3.05) is 18.0 Å². The second kappa shape index (κ2) is 9.31. The van der Waals surface area contributed by atoms with Crippen LogP contribution in [-0.4, -0.2) is 24.4 Å². The number of pyridine rings is 1. The molecule has 32 heavy (non-hydrogen) atoms. The molecule has 0 saturated heterocycles. The SMILES string of the molecule is CC(C)CN1CCCc2cc(N=Nc3ccc(C(F)(F)F)cn3)c([N-]OC(F)(F)F)cc21. The molecule has 2 aromatic rings. The summed E-state index contributed by atoms with van der Waals surface area (Å²) < 4.78 is 75.7. The van der Waals surface area contributed by atoms with Crippen LogP contribution >= 0.6 is 0 Å². The summed E-state index contributed by atoms with van der Waals surface area (Å²) in [4.78, 5) is 9.27. The van der Waals surface area contributed by atoms with Crippen LogP contribution in [0.2, 0.25) is 0 Å². The molecule has 0 spiro atoms. The van der Waals surface area contributed by atoms with E-state index < -0.39 is 18.1 Å². The molecule has 6 nitrogen and oxygen atoms in total. The van der Waals surface area contributed by atoms with E-state index in [1.54, 1.807) is 6.07 Å². The van der Waals surface area contributed by atoms with Crippen LogP contribution in [0.25, 0.3) is 5.48 Å². The maximum Gasteiger partial charge on any atom is 0.509 e. The Morgan fingerprint density at radius 1 is 1.12 bits per heavy atom. The van der Waals surface area contributed by atoms with Gasteiger partial charge in [-0.05, 0) is 48.6 Å². The second-order valence-electron chi connectivity index (χ2n) is 7.64. The zero-order chi connectivity index (χ0) is 23.5. The lowest BCUT2D eigenvalue weighted by molar-refractivity contribution is -0.303. The number of azo groups is 1. The van der Waals surface area contributed by atoms with Crippen molar-refractivity contribution in [3.8, 4) is 0 Å². The number of nitrogens with zero attached hydrogens (tertiary/aromatic N) is 5. The van der Waals surface area contributed by atoms with E-state index in [1.807, 2.05) is 13.8 Å². The zero-order valence-electron chi connectivity index (χ0n) is 17.2. The number of hydrogen-bond donors (Lipinski definition) is 0. The molecule has 2 heterocycles. The molecule has 0 unspecified atom stereocenters. The lowest BCUT2D eigenvalue weighted by Crippen LogP contribution is -2.32. The van der Waals surface area contributed by atoms with Gasteiger partial charge in [-0.3, -0.25) is 0 Å². The Kier molecular flexibility index (Phi) is 6.91. The van der Waals surface area contributed by atoms with Crippen LogP contribution < -0.4 is 4.90 Å². The van der Waals surface area contributed by atoms with Gasteiger partial charge >= 0.3 is 12.5 Å². The van der Waals surface area contributed by atoms with Crippen molar-refractivity contribution >= 4 is 22.9 Å². The lowest BCUT2D eigenvalue weighted by Gasteiger charge is -2.35. The summed E-state index contributed by atoms with van der Waals surface area (Å²) >= 11 is 0. The highest BCUT2D eigenvalue weighted by Crippen LogP contribution is 2.42. The Bertz CT molecular complexity index is 957. The van der Waals surface area contributed by atoms with Gasteiger partial charge in [-0.2, -0.15) is 18.3 Å². The zero-order valence-corrected chi connectivity index (χ0v) is 17.2. The van der Waals surface area contributed by atoms with Gasteiger partial charge in [-0.25, -0.2) is 4.98 Å². The predicted octanol–water partition coefficient (Wildman–Crippen LogP) is 7.38. The summed E-state index contributed by atoms with van der Waals surface area (Å²) in [6.07, 6.45) is -7.40. The van der Waals surface area contributed by atoms with Crippen molar-refractivity contribution in [2.24, 2.45) is 16.1 Å². The highest BCUT2D eigenvalue weighted by Gasteiger charge is 2.30. The van der Waals surface area contributed by atoms with Crippen LogP contribution in [0.4, 0.5) is 49.2 Å². The highest BCUT2D eigenvalue weighted by molar-refractivity contribution is 5.76. The molecule has 174 valence electrons. The van der Waals surface area contributed by atoms with Crippen LogP contribution in [0.1, 0.15) is 31.4 Å². The summed E-state index contributed by atoms with van der Waals surface area (Å²) in [6, 6.07) is 4.82. The molecule has 0 saturated carbocycles. The van der Waals surface area contributed by atoms with Gasteiger partial charge in [0.15, 0.2) is 5.82 Å². The minimum atomic E-state index is -4.99. The maximum absolute atomic E-state index is 12.7. The van der Waals surface area contributed by atoms with E-state index >= 15 is 0 Å². The Labute approximate surface area is 180 Å². The minimum Gasteiger partial charge on any atom is -0.553 e. The summed E-state index contributed by atoms with van der Waals surface area (Å²) in [5.74, 6) is 0.192. The molecule has 1 aromatic heterocycles. The lowest BCUT2D eigenvalue weighted by atomic mass is 9.99. The van der Waals surface area contributed by atoms with E-state index in [4.69, 9.17) is 0 Å². The van der Waals surface area contributed by atoms with Gasteiger partial charge in [-0.15, -0.1) is 18.3 Å². The maximum atomic E-state index is 12.7. The molecule has 1 aliphatic rings. The number of halogens is 6. The van der Waals surface area contributed by atoms with Gasteiger partial charge < -0.3 is 15.2 Å². The van der Waals surface area contributed by atoms with Crippen molar-refractivity contribution in [3.05, 3.63) is 47.1 Å². The van der Waals surface area contributed by atoms with Crippen molar-refractivity contribution in [2.45, 2.75) is 39.2 Å². The molecule has 12 heteroatoms. The minimum absolute atomic E-state index is 0.0129. The average molecular weight is 460 g/mol. The highest BCUT2D eigenvalue weighted by atomic mass is 19.4. The normalized spacial score (nSPS) is 14.8. The first-order valence-corrected chi connectivity index (χ1v) is 9.75. The molecule has 3 rings (SSSR count). The summed E-state index contributed by atoms with van der Waals surface area (Å²) in [5, 5.41) is 7.64. The van der Waals surface area contributed by atoms with Gasteiger partial charge in [0.2, 0.25) is 0 Å². The van der Waals surface area contributed by atoms with Crippen molar-refractivity contribution < 1.29 is 31.2 Å². The van der Waals surface area contributed by atoms with Crippen molar-refractivity contribution in [1.82, 2.24) is 4.98 Å². The Morgan fingerprint density at radius 2 is 1.88 bits per heavy atom. The third kappa shape index (κ3) is 6.31. The van der Waals surface area contributed by atoms with Gasteiger partial charge in [0.25, 0.3) is 0 Å². The fourth-order valence-corrected chi connectivity index (χ4v) is 3.29. The molecule has 1 aromatic carbocycles. The predicted molar refractivity (Wildman–Crippen MR) is 105 cm³/mol. The van der Waals surface area contributed by atoms with Crippen molar-refractivity contribution in [3.63, 3.8) is 0 Å². The molecular formula is C20H20F6N5O-. The molecule has 0 radical (unpaired) electrons. The summed E-state index contributed by atoms with van der Waals surface area (Å²) in [5.41, 5.74) is 3.61. The first-order valence-electron chi connectivity index (χ1n) is 9.75. The molecule has 0 N–H and O–H groups in total. The van der Waals surface area contributed by atoms with E-state index in [-0.39, 0.29) is 17.2 Å². The molecule has 0 aliphatic carbocycles. The van der Waals surface area contributed by atoms with Crippen LogP contribution in [0.15, 0.2) is 40.7 Å². The standard InChI is InChI=1S/C20H20F6N5O/c1-12(2)11-31-7-3-4-13-8-15(16(9-17(13)31)30-32-20(24,25)26)28-29-18-6-5-14(10-27-18)19(21,22)23/h5-6,8-10,12H,3-4,7,11H2,1-2H3/q-1. The molecular weight excluding hydrogens is 440 g/mol. The number of hydrogen-bond acceptors (Lipinski definition) is 5. The van der Waals surface area contributed by atoms with Gasteiger partial charge in [0.1, 0.15) is 0 Å². The van der Waals surface area contributed by atoms with Gasteiger partial charge in [0.05, 0.1) is 11.3 Å². The molecule has 1 aliphatic heterocycles. The number of aromatic nitrogens is 1. The van der Waals surface area contributed by atoms with E-state index in [0.717, 1.165) is 36.3 Å². The van der Waals surface area contributed by atoms with Crippen LogP contribution in [-0.2, 0) is 17.4 Å². The van der Waals surface area contributed by atoms with Crippen LogP contribution in [0.5, 0.6) is 0 Å². The fraction of sp³-hybridized carbons (Fsp3) is 0.450.